The van der Waals surface area contributed by atoms with E-state index in [1.807, 2.05) is 44.2 Å². The number of carbonyl (C=O) groups is 3. The second-order valence-electron chi connectivity index (χ2n) is 9.54. The van der Waals surface area contributed by atoms with Crippen molar-refractivity contribution < 1.29 is 19.5 Å². The zero-order chi connectivity index (χ0) is 25.1. The number of benzene rings is 1. The molecule has 3 amide bonds. The van der Waals surface area contributed by atoms with E-state index in [1.165, 1.54) is 12.6 Å². The summed E-state index contributed by atoms with van der Waals surface area (Å²) in [6.07, 6.45) is 7.53. The Hall–Kier alpha value is -2.74. The lowest BCUT2D eigenvalue weighted by molar-refractivity contribution is -0.139. The van der Waals surface area contributed by atoms with E-state index < -0.39 is 6.10 Å². The minimum absolute atomic E-state index is 0.0309. The Kier molecular flexibility index (Phi) is 11.2. The van der Waals surface area contributed by atoms with E-state index in [4.69, 9.17) is 5.41 Å². The highest BCUT2D eigenvalue weighted by Gasteiger charge is 2.45. The van der Waals surface area contributed by atoms with Crippen molar-refractivity contribution in [2.24, 2.45) is 5.92 Å². The maximum atomic E-state index is 12.4. The molecule has 8 heteroatoms. The Morgan fingerprint density at radius 3 is 2.53 bits per heavy atom. The first-order valence-corrected chi connectivity index (χ1v) is 12.3. The summed E-state index contributed by atoms with van der Waals surface area (Å²) in [5, 5.41) is 19.3. The Morgan fingerprint density at radius 2 is 1.91 bits per heavy atom. The molecular weight excluding hydrogens is 432 g/mol. The van der Waals surface area contributed by atoms with Gasteiger partial charge in [0.05, 0.1) is 0 Å². The van der Waals surface area contributed by atoms with E-state index >= 15 is 0 Å². The molecule has 1 saturated heterocycles. The summed E-state index contributed by atoms with van der Waals surface area (Å²) in [5.41, 5.74) is 0.962. The molecule has 188 valence electrons. The van der Waals surface area contributed by atoms with Crippen molar-refractivity contribution in [3.63, 3.8) is 0 Å². The van der Waals surface area contributed by atoms with Gasteiger partial charge in [0.15, 0.2) is 0 Å². The van der Waals surface area contributed by atoms with Crippen LogP contribution in [0.4, 0.5) is 0 Å². The first-order chi connectivity index (χ1) is 16.3. The Balaban J connectivity index is 0.000000248. The summed E-state index contributed by atoms with van der Waals surface area (Å²) in [6.45, 7) is 4.29. The molecule has 1 heterocycles. The molecule has 4 atom stereocenters. The van der Waals surface area contributed by atoms with Crippen LogP contribution in [0.1, 0.15) is 57.9 Å². The fourth-order valence-electron chi connectivity index (χ4n) is 4.81. The van der Waals surface area contributed by atoms with Crippen LogP contribution in [-0.4, -0.2) is 77.2 Å². The largest absolute Gasteiger partial charge is 0.383 e. The number of likely N-dealkylation sites (N-methyl/N-ethyl adjacent to an activating group) is 1. The van der Waals surface area contributed by atoms with Crippen LogP contribution in [0.5, 0.6) is 0 Å². The molecule has 0 bridgehead atoms. The van der Waals surface area contributed by atoms with Crippen molar-refractivity contribution >= 4 is 24.4 Å². The molecule has 3 rings (SSSR count). The third kappa shape index (κ3) is 7.94. The molecular formula is C26H40N4O4. The highest BCUT2D eigenvalue weighted by Crippen LogP contribution is 2.39. The van der Waals surface area contributed by atoms with Gasteiger partial charge in [-0.2, -0.15) is 0 Å². The number of nitrogens with one attached hydrogen (secondary N) is 2. The average Bonchev–Trinajstić information content (AvgIpc) is 3.21. The van der Waals surface area contributed by atoms with Crippen molar-refractivity contribution in [1.82, 2.24) is 15.1 Å². The van der Waals surface area contributed by atoms with Gasteiger partial charge in [-0.25, -0.2) is 0 Å². The van der Waals surface area contributed by atoms with Gasteiger partial charge in [0.2, 0.25) is 18.2 Å². The number of nitrogens with zero attached hydrogens (tertiary/aromatic N) is 2. The molecule has 1 aliphatic heterocycles. The predicted octanol–water partition coefficient (Wildman–Crippen LogP) is 2.39. The van der Waals surface area contributed by atoms with Gasteiger partial charge in [-0.05, 0) is 57.2 Å². The van der Waals surface area contributed by atoms with E-state index in [2.05, 4.69) is 5.32 Å². The smallest absolute Gasteiger partial charge is 0.249 e. The summed E-state index contributed by atoms with van der Waals surface area (Å²) in [5.74, 6) is 0.223. The van der Waals surface area contributed by atoms with Crippen molar-refractivity contribution in [3.05, 3.63) is 35.9 Å². The summed E-state index contributed by atoms with van der Waals surface area (Å²) in [6, 6.07) is 9.53. The van der Waals surface area contributed by atoms with Crippen LogP contribution in [0.3, 0.4) is 0 Å². The molecule has 1 aromatic carbocycles. The van der Waals surface area contributed by atoms with Gasteiger partial charge in [-0.3, -0.25) is 14.4 Å². The van der Waals surface area contributed by atoms with Gasteiger partial charge in [-0.15, -0.1) is 0 Å². The number of hydrogen-bond acceptors (Lipinski definition) is 5. The molecule has 3 N–H and O–H groups in total. The molecule has 1 saturated carbocycles. The molecule has 0 aromatic heterocycles. The molecule has 2 fully saturated rings. The molecule has 8 nitrogen and oxygen atoms in total. The van der Waals surface area contributed by atoms with E-state index in [9.17, 15) is 19.5 Å². The van der Waals surface area contributed by atoms with Crippen LogP contribution in [0.25, 0.3) is 0 Å². The molecule has 2 aliphatic rings. The number of aliphatic hydroxyl groups excluding tert-OH is 1. The van der Waals surface area contributed by atoms with E-state index in [0.29, 0.717) is 25.3 Å². The zero-order valence-electron chi connectivity index (χ0n) is 20.7. The van der Waals surface area contributed by atoms with Crippen LogP contribution in [0, 0.1) is 11.3 Å². The molecule has 0 radical (unpaired) electrons. The third-order valence-corrected chi connectivity index (χ3v) is 6.54. The molecule has 1 aliphatic carbocycles. The van der Waals surface area contributed by atoms with Crippen molar-refractivity contribution in [1.29, 1.82) is 5.41 Å². The van der Waals surface area contributed by atoms with E-state index in [0.717, 1.165) is 37.7 Å². The number of carbonyl (C=O) groups excluding carboxylic acids is 3. The second-order valence-corrected chi connectivity index (χ2v) is 9.54. The summed E-state index contributed by atoms with van der Waals surface area (Å²) in [4.78, 5) is 38.6. The van der Waals surface area contributed by atoms with Crippen LogP contribution in [0.15, 0.2) is 30.3 Å². The van der Waals surface area contributed by atoms with Crippen molar-refractivity contribution in [2.75, 3.05) is 13.6 Å². The van der Waals surface area contributed by atoms with Gasteiger partial charge in [-0.1, -0.05) is 43.2 Å². The minimum atomic E-state index is -0.963. The summed E-state index contributed by atoms with van der Waals surface area (Å²) >= 11 is 0. The lowest BCUT2D eigenvalue weighted by Gasteiger charge is -2.31. The number of amides is 3. The van der Waals surface area contributed by atoms with Gasteiger partial charge in [0, 0.05) is 32.1 Å². The standard InChI is InChI=1S/C14H23N3O2.C12H17NO2/c1-16(8-4-7-15)14(19)13-9-11-5-2-3-6-12(11)17(13)10-18;1-9(2)13-12(15)11(14)8-10-6-4-3-5-7-10/h7,10-13,15H,2-6,8-9H2,1H3;3-7,9,11,14H,8H2,1-2H3,(H,13,15). The predicted molar refractivity (Wildman–Crippen MR) is 133 cm³/mol. The molecule has 34 heavy (non-hydrogen) atoms. The Labute approximate surface area is 203 Å². The highest BCUT2D eigenvalue weighted by molar-refractivity contribution is 5.84. The van der Waals surface area contributed by atoms with Gasteiger partial charge in [0.25, 0.3) is 0 Å². The quantitative estimate of drug-likeness (QED) is 0.378. The SMILES string of the molecule is CC(C)NC(=O)C(O)Cc1ccccc1.CN(CCC=N)C(=O)C1CC2CCCCC2N1C=O. The zero-order valence-corrected chi connectivity index (χ0v) is 20.7. The minimum Gasteiger partial charge on any atom is -0.383 e. The number of fused-ring (bicyclic) bond motifs is 1. The van der Waals surface area contributed by atoms with Gasteiger partial charge < -0.3 is 25.6 Å². The lowest BCUT2D eigenvalue weighted by Crippen LogP contribution is -2.46. The highest BCUT2D eigenvalue weighted by atomic mass is 16.3. The number of likely N-dealkylation sites (tertiary alicyclic amines) is 1. The summed E-state index contributed by atoms with van der Waals surface area (Å²) in [7, 11) is 1.76. The molecule has 4 unspecified atom stereocenters. The molecule has 0 spiro atoms. The van der Waals surface area contributed by atoms with Gasteiger partial charge in [0.1, 0.15) is 12.1 Å². The monoisotopic (exact) mass is 472 g/mol. The fourth-order valence-corrected chi connectivity index (χ4v) is 4.81. The number of hydrogen-bond donors (Lipinski definition) is 3. The van der Waals surface area contributed by atoms with Crippen LogP contribution in [-0.2, 0) is 20.8 Å². The maximum absolute atomic E-state index is 12.4. The first kappa shape index (κ1) is 27.5. The topological polar surface area (TPSA) is 114 Å². The third-order valence-electron chi connectivity index (χ3n) is 6.54. The number of rotatable bonds is 9. The fraction of sp³-hybridized carbons (Fsp3) is 0.615. The normalized spacial score (nSPS) is 22.1. The van der Waals surface area contributed by atoms with Crippen molar-refractivity contribution in [3.8, 4) is 0 Å². The van der Waals surface area contributed by atoms with Crippen LogP contribution in [0.2, 0.25) is 0 Å². The maximum Gasteiger partial charge on any atom is 0.249 e. The lowest BCUT2D eigenvalue weighted by atomic mass is 9.85. The van der Waals surface area contributed by atoms with Crippen molar-refractivity contribution in [2.45, 2.75) is 83.0 Å². The summed E-state index contributed by atoms with van der Waals surface area (Å²) < 4.78 is 0. The number of aliphatic hydroxyl groups is 1. The van der Waals surface area contributed by atoms with Crippen LogP contribution < -0.4 is 5.32 Å². The van der Waals surface area contributed by atoms with E-state index in [-0.39, 0.29) is 29.9 Å². The first-order valence-electron chi connectivity index (χ1n) is 12.3. The Morgan fingerprint density at radius 1 is 1.24 bits per heavy atom. The van der Waals surface area contributed by atoms with Crippen LogP contribution >= 0.6 is 0 Å². The van der Waals surface area contributed by atoms with Gasteiger partial charge >= 0.3 is 0 Å². The Bertz CT molecular complexity index is 801. The average molecular weight is 473 g/mol. The second kappa shape index (κ2) is 13.8. The van der Waals surface area contributed by atoms with E-state index in [1.54, 1.807) is 16.8 Å². The molecule has 1 aromatic rings.